The number of amides is 2. The Labute approximate surface area is 141 Å². The van der Waals surface area contributed by atoms with Crippen molar-refractivity contribution in [1.82, 2.24) is 0 Å². The summed E-state index contributed by atoms with van der Waals surface area (Å²) in [7, 11) is 0. The molecule has 0 spiro atoms. The molecule has 4 aliphatic rings. The highest BCUT2D eigenvalue weighted by Crippen LogP contribution is 2.51. The Morgan fingerprint density at radius 2 is 1.22 bits per heavy atom. The number of fused-ring (bicyclic) bond motifs is 2. The fourth-order valence-corrected chi connectivity index (χ4v) is 4.61. The number of Topliss-reactive ketones (excluding diaryl/α,β-unsaturated/α-hetero) is 2. The number of anilines is 1. The van der Waals surface area contributed by atoms with Crippen LogP contribution in [0.25, 0.3) is 0 Å². The molecule has 1 heterocycles. The van der Waals surface area contributed by atoms with E-state index in [4.69, 9.17) is 23.2 Å². The number of rotatable bonds is 1. The fraction of sp³-hybridized carbons (Fsp3) is 0.375. The molecule has 0 unspecified atom stereocenters. The standard InChI is InChI=1S/C16H11Cl2NO4/c17-6-1-7(18)3-8(2-6)19-15(22)13-9-4-11(20)10(5-12(9)21)14(13)16(19)23/h1-3,9-10,13-14H,4-5H2/t9-,10+,13-,14+. The Morgan fingerprint density at radius 3 is 1.65 bits per heavy atom. The Bertz CT molecular complexity index is 730. The van der Waals surface area contributed by atoms with E-state index in [9.17, 15) is 19.2 Å². The molecule has 23 heavy (non-hydrogen) atoms. The first-order chi connectivity index (χ1) is 10.9. The van der Waals surface area contributed by atoms with Crippen molar-refractivity contribution in [3.05, 3.63) is 28.2 Å². The predicted octanol–water partition coefficient (Wildman–Crippen LogP) is 2.28. The lowest BCUT2D eigenvalue weighted by Crippen LogP contribution is -2.51. The zero-order valence-electron chi connectivity index (χ0n) is 11.8. The molecule has 1 saturated heterocycles. The molecular formula is C16H11Cl2NO4. The number of nitrogens with zero attached hydrogens (tertiary/aromatic N) is 1. The fourth-order valence-electron chi connectivity index (χ4n) is 4.10. The van der Waals surface area contributed by atoms with Gasteiger partial charge in [0.1, 0.15) is 11.6 Å². The maximum atomic E-state index is 12.8. The minimum absolute atomic E-state index is 0.0633. The van der Waals surface area contributed by atoms with Gasteiger partial charge in [-0.2, -0.15) is 0 Å². The third-order valence-electron chi connectivity index (χ3n) is 5.04. The molecule has 2 bridgehead atoms. The third-order valence-corrected chi connectivity index (χ3v) is 5.48. The smallest absolute Gasteiger partial charge is 0.238 e. The molecule has 1 aromatic carbocycles. The molecule has 0 N–H and O–H groups in total. The molecule has 3 aliphatic carbocycles. The molecular weight excluding hydrogens is 341 g/mol. The highest BCUT2D eigenvalue weighted by Gasteiger charge is 2.63. The number of hydrogen-bond donors (Lipinski definition) is 0. The number of halogens is 2. The minimum Gasteiger partial charge on any atom is -0.299 e. The number of imide groups is 1. The maximum absolute atomic E-state index is 12.8. The Balaban J connectivity index is 1.80. The first-order valence-electron chi connectivity index (χ1n) is 7.28. The van der Waals surface area contributed by atoms with Gasteiger partial charge in [0, 0.05) is 34.7 Å². The predicted molar refractivity (Wildman–Crippen MR) is 82.2 cm³/mol. The quantitative estimate of drug-likeness (QED) is 0.727. The van der Waals surface area contributed by atoms with Crippen LogP contribution in [0.4, 0.5) is 5.69 Å². The molecule has 118 valence electrons. The zero-order chi connectivity index (χ0) is 16.5. The Hall–Kier alpha value is -1.72. The summed E-state index contributed by atoms with van der Waals surface area (Å²) >= 11 is 11.9. The molecule has 7 heteroatoms. The number of hydrogen-bond acceptors (Lipinski definition) is 4. The molecule has 4 atom stereocenters. The molecule has 4 fully saturated rings. The highest BCUT2D eigenvalue weighted by atomic mass is 35.5. The van der Waals surface area contributed by atoms with Gasteiger partial charge in [-0.15, -0.1) is 0 Å². The van der Waals surface area contributed by atoms with Crippen molar-refractivity contribution < 1.29 is 19.2 Å². The topological polar surface area (TPSA) is 71.5 Å². The van der Waals surface area contributed by atoms with E-state index in [0.29, 0.717) is 10.0 Å². The second-order valence-electron chi connectivity index (χ2n) is 6.24. The van der Waals surface area contributed by atoms with Crippen molar-refractivity contribution in [1.29, 1.82) is 0 Å². The molecule has 1 aliphatic heterocycles. The zero-order valence-corrected chi connectivity index (χ0v) is 13.3. The van der Waals surface area contributed by atoms with Gasteiger partial charge >= 0.3 is 0 Å². The van der Waals surface area contributed by atoms with Crippen LogP contribution < -0.4 is 4.90 Å². The molecule has 1 aromatic rings. The summed E-state index contributed by atoms with van der Waals surface area (Å²) in [4.78, 5) is 50.7. The van der Waals surface area contributed by atoms with Crippen LogP contribution in [0.3, 0.4) is 0 Å². The number of ketones is 2. The molecule has 5 nitrogen and oxygen atoms in total. The third kappa shape index (κ3) is 2.00. The molecule has 3 saturated carbocycles. The van der Waals surface area contributed by atoms with Gasteiger partial charge in [0.2, 0.25) is 11.8 Å². The summed E-state index contributed by atoms with van der Waals surface area (Å²) in [5, 5.41) is 0.608. The first-order valence-corrected chi connectivity index (χ1v) is 8.03. The molecule has 0 aromatic heterocycles. The van der Waals surface area contributed by atoms with Crippen molar-refractivity contribution in [2.75, 3.05) is 4.90 Å². The van der Waals surface area contributed by atoms with E-state index in [1.54, 1.807) is 0 Å². The van der Waals surface area contributed by atoms with Crippen LogP contribution in [0.2, 0.25) is 10.0 Å². The van der Waals surface area contributed by atoms with Gasteiger partial charge in [-0.1, -0.05) is 23.2 Å². The van der Waals surface area contributed by atoms with Gasteiger partial charge in [0.25, 0.3) is 0 Å². The summed E-state index contributed by atoms with van der Waals surface area (Å²) < 4.78 is 0. The number of carbonyl (C=O) groups excluding carboxylic acids is 4. The SMILES string of the molecule is O=C1C[C@H]2C(=O)C[C@H]1[C@H]1C(=O)N(c3cc(Cl)cc(Cl)c3)C(=O)[C@H]12. The number of carbonyl (C=O) groups is 4. The van der Waals surface area contributed by atoms with Crippen LogP contribution >= 0.6 is 23.2 Å². The van der Waals surface area contributed by atoms with Gasteiger partial charge in [0.15, 0.2) is 0 Å². The average Bonchev–Trinajstić information content (AvgIpc) is 2.72. The maximum Gasteiger partial charge on any atom is 0.238 e. The summed E-state index contributed by atoms with van der Waals surface area (Å²) in [5.41, 5.74) is 0.284. The molecule has 0 radical (unpaired) electrons. The van der Waals surface area contributed by atoms with Gasteiger partial charge in [-0.25, -0.2) is 4.90 Å². The van der Waals surface area contributed by atoms with Crippen LogP contribution in [-0.4, -0.2) is 23.4 Å². The van der Waals surface area contributed by atoms with E-state index in [-0.39, 0.29) is 30.1 Å². The Morgan fingerprint density at radius 1 is 0.783 bits per heavy atom. The lowest BCUT2D eigenvalue weighted by molar-refractivity contribution is -0.153. The van der Waals surface area contributed by atoms with Crippen molar-refractivity contribution in [2.24, 2.45) is 23.7 Å². The second kappa shape index (κ2) is 4.89. The first kappa shape index (κ1) is 14.8. The van der Waals surface area contributed by atoms with Crippen LogP contribution in [0.15, 0.2) is 18.2 Å². The van der Waals surface area contributed by atoms with Crippen molar-refractivity contribution in [2.45, 2.75) is 12.8 Å². The van der Waals surface area contributed by atoms with E-state index in [1.165, 1.54) is 18.2 Å². The van der Waals surface area contributed by atoms with E-state index < -0.39 is 35.5 Å². The van der Waals surface area contributed by atoms with Crippen LogP contribution in [-0.2, 0) is 19.2 Å². The van der Waals surface area contributed by atoms with Crippen molar-refractivity contribution >= 4 is 52.3 Å². The number of benzene rings is 1. The van der Waals surface area contributed by atoms with Crippen LogP contribution in [0.1, 0.15) is 12.8 Å². The highest BCUT2D eigenvalue weighted by molar-refractivity contribution is 6.36. The van der Waals surface area contributed by atoms with Crippen molar-refractivity contribution in [3.8, 4) is 0 Å². The monoisotopic (exact) mass is 351 g/mol. The summed E-state index contributed by atoms with van der Waals surface area (Å²) in [6.07, 6.45) is 0.127. The molecule has 2 amide bonds. The summed E-state index contributed by atoms with van der Waals surface area (Å²) in [5.74, 6) is -3.87. The Kier molecular flexibility index (Phi) is 3.15. The van der Waals surface area contributed by atoms with Gasteiger partial charge in [0.05, 0.1) is 17.5 Å². The van der Waals surface area contributed by atoms with Gasteiger partial charge in [-0.05, 0) is 18.2 Å². The minimum atomic E-state index is -0.732. The van der Waals surface area contributed by atoms with Crippen molar-refractivity contribution in [3.63, 3.8) is 0 Å². The lowest BCUT2D eigenvalue weighted by atomic mass is 9.58. The normalized spacial score (nSPS) is 32.7. The van der Waals surface area contributed by atoms with Gasteiger partial charge in [-0.3, -0.25) is 19.2 Å². The average molecular weight is 352 g/mol. The van der Waals surface area contributed by atoms with E-state index >= 15 is 0 Å². The van der Waals surface area contributed by atoms with Crippen LogP contribution in [0.5, 0.6) is 0 Å². The summed E-state index contributed by atoms with van der Waals surface area (Å²) in [6.45, 7) is 0. The largest absolute Gasteiger partial charge is 0.299 e. The van der Waals surface area contributed by atoms with E-state index in [1.807, 2.05) is 0 Å². The van der Waals surface area contributed by atoms with E-state index in [0.717, 1.165) is 4.90 Å². The summed E-state index contributed by atoms with van der Waals surface area (Å²) in [6, 6.07) is 4.46. The van der Waals surface area contributed by atoms with Gasteiger partial charge < -0.3 is 0 Å². The molecule has 5 rings (SSSR count). The lowest BCUT2D eigenvalue weighted by Gasteiger charge is -2.40. The van der Waals surface area contributed by atoms with E-state index in [2.05, 4.69) is 0 Å². The van der Waals surface area contributed by atoms with Crippen LogP contribution in [0, 0.1) is 23.7 Å². The second-order valence-corrected chi connectivity index (χ2v) is 7.12.